The van der Waals surface area contributed by atoms with Crippen LogP contribution in [-0.2, 0) is 4.79 Å². The van der Waals surface area contributed by atoms with Crippen LogP contribution in [0.3, 0.4) is 0 Å². The van der Waals surface area contributed by atoms with Crippen LogP contribution in [0.5, 0.6) is 0 Å². The molecule has 1 rings (SSSR count). The molecule has 0 saturated heterocycles. The Morgan fingerprint density at radius 3 is 2.45 bits per heavy atom. The van der Waals surface area contributed by atoms with Gasteiger partial charge in [0, 0.05) is 11.9 Å². The van der Waals surface area contributed by atoms with Crippen LogP contribution in [0.15, 0.2) is 30.3 Å². The maximum Gasteiger partial charge on any atom is 0.227 e. The Balaban J connectivity index is 2.55. The summed E-state index contributed by atoms with van der Waals surface area (Å²) in [5.41, 5.74) is 1.11. The minimum absolute atomic E-state index is 0.0255. The van der Waals surface area contributed by atoms with E-state index in [1.807, 2.05) is 30.3 Å². The lowest BCUT2D eigenvalue weighted by atomic mass is 9.95. The van der Waals surface area contributed by atoms with Crippen molar-refractivity contribution in [3.05, 3.63) is 35.9 Å². The molecule has 0 radical (unpaired) electrons. The molecule has 112 valence electrons. The van der Waals surface area contributed by atoms with Crippen molar-refractivity contribution in [2.45, 2.75) is 45.4 Å². The van der Waals surface area contributed by atoms with E-state index in [9.17, 15) is 4.79 Å². The average Bonchev–Trinajstić information content (AvgIpc) is 2.47. The minimum atomic E-state index is -0.0255. The van der Waals surface area contributed by atoms with Gasteiger partial charge < -0.3 is 5.32 Å². The zero-order chi connectivity index (χ0) is 14.8. The van der Waals surface area contributed by atoms with E-state index in [0.717, 1.165) is 30.3 Å². The molecular formula is C17H26BrNO. The standard InChI is InChI=1S/C17H26BrNO/c1-3-8-14(11-12-18)13-19-17(20)16(4-2)15-9-6-5-7-10-15/h5-7,9-10,14,16H,3-4,8,11-13H2,1-2H3,(H,19,20). The Morgan fingerprint density at radius 1 is 1.20 bits per heavy atom. The maximum absolute atomic E-state index is 12.4. The number of amides is 1. The van der Waals surface area contributed by atoms with Gasteiger partial charge in [0.1, 0.15) is 0 Å². The fraction of sp³-hybridized carbons (Fsp3) is 0.588. The van der Waals surface area contributed by atoms with Crippen molar-refractivity contribution < 1.29 is 4.79 Å². The van der Waals surface area contributed by atoms with Crippen LogP contribution < -0.4 is 5.32 Å². The van der Waals surface area contributed by atoms with Gasteiger partial charge >= 0.3 is 0 Å². The van der Waals surface area contributed by atoms with E-state index in [0.29, 0.717) is 5.92 Å². The predicted molar refractivity (Wildman–Crippen MR) is 89.3 cm³/mol. The zero-order valence-corrected chi connectivity index (χ0v) is 14.2. The Morgan fingerprint density at radius 2 is 1.90 bits per heavy atom. The highest BCUT2D eigenvalue weighted by molar-refractivity contribution is 9.09. The molecular weight excluding hydrogens is 314 g/mol. The molecule has 0 aliphatic rings. The first-order valence-electron chi connectivity index (χ1n) is 7.61. The van der Waals surface area contributed by atoms with Crippen LogP contribution >= 0.6 is 15.9 Å². The molecule has 0 aliphatic heterocycles. The number of halogens is 1. The van der Waals surface area contributed by atoms with Crippen LogP contribution in [0.2, 0.25) is 0 Å². The van der Waals surface area contributed by atoms with Gasteiger partial charge in [0.25, 0.3) is 0 Å². The first-order chi connectivity index (χ1) is 9.72. The lowest BCUT2D eigenvalue weighted by molar-refractivity contribution is -0.122. The van der Waals surface area contributed by atoms with Gasteiger partial charge in [-0.1, -0.05) is 66.5 Å². The summed E-state index contributed by atoms with van der Waals surface area (Å²) < 4.78 is 0. The third-order valence-corrected chi connectivity index (χ3v) is 4.16. The molecule has 0 heterocycles. The topological polar surface area (TPSA) is 29.1 Å². The Hall–Kier alpha value is -0.830. The highest BCUT2D eigenvalue weighted by atomic mass is 79.9. The molecule has 20 heavy (non-hydrogen) atoms. The van der Waals surface area contributed by atoms with Crippen LogP contribution in [0, 0.1) is 5.92 Å². The highest BCUT2D eigenvalue weighted by Crippen LogP contribution is 2.20. The molecule has 2 atom stereocenters. The van der Waals surface area contributed by atoms with Gasteiger partial charge in [-0.25, -0.2) is 0 Å². The molecule has 2 unspecified atom stereocenters. The molecule has 0 aliphatic carbocycles. The van der Waals surface area contributed by atoms with Crippen molar-refractivity contribution >= 4 is 21.8 Å². The first kappa shape index (κ1) is 17.2. The summed E-state index contributed by atoms with van der Waals surface area (Å²) in [5, 5.41) is 4.15. The van der Waals surface area contributed by atoms with Gasteiger partial charge in [-0.3, -0.25) is 4.79 Å². The van der Waals surface area contributed by atoms with E-state index < -0.39 is 0 Å². The van der Waals surface area contributed by atoms with E-state index in [4.69, 9.17) is 0 Å². The normalized spacial score (nSPS) is 13.8. The Labute approximate surface area is 131 Å². The molecule has 1 N–H and O–H groups in total. The summed E-state index contributed by atoms with van der Waals surface area (Å²) in [6.07, 6.45) is 4.31. The number of carbonyl (C=O) groups is 1. The highest BCUT2D eigenvalue weighted by Gasteiger charge is 2.19. The monoisotopic (exact) mass is 339 g/mol. The number of hydrogen-bond donors (Lipinski definition) is 1. The van der Waals surface area contributed by atoms with Crippen molar-refractivity contribution in [3.63, 3.8) is 0 Å². The number of rotatable bonds is 9. The molecule has 0 aromatic heterocycles. The predicted octanol–water partition coefficient (Wildman–Crippen LogP) is 4.50. The van der Waals surface area contributed by atoms with Crippen molar-refractivity contribution in [3.8, 4) is 0 Å². The van der Waals surface area contributed by atoms with E-state index in [2.05, 4.69) is 35.1 Å². The van der Waals surface area contributed by atoms with E-state index in [1.54, 1.807) is 0 Å². The number of carbonyl (C=O) groups excluding carboxylic acids is 1. The number of hydrogen-bond acceptors (Lipinski definition) is 1. The second kappa shape index (κ2) is 9.98. The summed E-state index contributed by atoms with van der Waals surface area (Å²) in [5.74, 6) is 0.716. The van der Waals surface area contributed by atoms with E-state index in [-0.39, 0.29) is 11.8 Å². The lowest BCUT2D eigenvalue weighted by Gasteiger charge is -2.19. The quantitative estimate of drug-likeness (QED) is 0.659. The fourth-order valence-electron chi connectivity index (χ4n) is 2.54. The summed E-state index contributed by atoms with van der Waals surface area (Å²) in [4.78, 5) is 12.4. The SMILES string of the molecule is CCCC(CCBr)CNC(=O)C(CC)c1ccccc1. The van der Waals surface area contributed by atoms with E-state index >= 15 is 0 Å². The number of alkyl halides is 1. The molecule has 2 nitrogen and oxygen atoms in total. The Kier molecular flexibility index (Phi) is 8.59. The van der Waals surface area contributed by atoms with Crippen molar-refractivity contribution in [2.75, 3.05) is 11.9 Å². The van der Waals surface area contributed by atoms with Gasteiger partial charge in [-0.05, 0) is 30.7 Å². The Bertz CT molecular complexity index is 374. The van der Waals surface area contributed by atoms with Crippen LogP contribution in [0.1, 0.15) is 51.0 Å². The average molecular weight is 340 g/mol. The van der Waals surface area contributed by atoms with Gasteiger partial charge in [0.2, 0.25) is 5.91 Å². The molecule has 0 saturated carbocycles. The second-order valence-corrected chi connectivity index (χ2v) is 6.04. The second-order valence-electron chi connectivity index (χ2n) is 5.25. The molecule has 1 aromatic carbocycles. The largest absolute Gasteiger partial charge is 0.355 e. The molecule has 1 amide bonds. The summed E-state index contributed by atoms with van der Waals surface area (Å²) >= 11 is 3.49. The summed E-state index contributed by atoms with van der Waals surface area (Å²) in [7, 11) is 0. The van der Waals surface area contributed by atoms with Crippen molar-refractivity contribution in [1.82, 2.24) is 5.32 Å². The van der Waals surface area contributed by atoms with Crippen LogP contribution in [0.25, 0.3) is 0 Å². The fourth-order valence-corrected chi connectivity index (χ4v) is 3.18. The zero-order valence-electron chi connectivity index (χ0n) is 12.6. The van der Waals surface area contributed by atoms with Crippen LogP contribution in [0.4, 0.5) is 0 Å². The van der Waals surface area contributed by atoms with Gasteiger partial charge in [0.05, 0.1) is 5.92 Å². The molecule has 0 spiro atoms. The molecule has 0 fully saturated rings. The van der Waals surface area contributed by atoms with Gasteiger partial charge in [-0.15, -0.1) is 0 Å². The minimum Gasteiger partial charge on any atom is -0.355 e. The third-order valence-electron chi connectivity index (χ3n) is 3.71. The first-order valence-corrected chi connectivity index (χ1v) is 8.73. The van der Waals surface area contributed by atoms with Crippen molar-refractivity contribution in [2.24, 2.45) is 5.92 Å². The molecule has 0 bridgehead atoms. The van der Waals surface area contributed by atoms with Crippen LogP contribution in [-0.4, -0.2) is 17.8 Å². The lowest BCUT2D eigenvalue weighted by Crippen LogP contribution is -2.33. The molecule has 3 heteroatoms. The summed E-state index contributed by atoms with van der Waals surface area (Å²) in [6, 6.07) is 10.1. The number of benzene rings is 1. The smallest absolute Gasteiger partial charge is 0.227 e. The van der Waals surface area contributed by atoms with Crippen molar-refractivity contribution in [1.29, 1.82) is 0 Å². The maximum atomic E-state index is 12.4. The molecule has 1 aromatic rings. The summed E-state index contributed by atoms with van der Waals surface area (Å²) in [6.45, 7) is 5.06. The number of nitrogens with one attached hydrogen (secondary N) is 1. The van der Waals surface area contributed by atoms with Gasteiger partial charge in [-0.2, -0.15) is 0 Å². The van der Waals surface area contributed by atoms with E-state index in [1.165, 1.54) is 12.8 Å². The third kappa shape index (κ3) is 5.66. The van der Waals surface area contributed by atoms with Gasteiger partial charge in [0.15, 0.2) is 0 Å².